The van der Waals surface area contributed by atoms with E-state index in [1.54, 1.807) is 30.3 Å². The van der Waals surface area contributed by atoms with Crippen molar-refractivity contribution in [2.45, 2.75) is 10.7 Å². The highest BCUT2D eigenvalue weighted by Crippen LogP contribution is 2.34. The highest BCUT2D eigenvalue weighted by atomic mass is 32.2. The number of ether oxygens (including phenoxy) is 1. The lowest BCUT2D eigenvalue weighted by Crippen LogP contribution is -1.97. The van der Waals surface area contributed by atoms with Gasteiger partial charge in [-0.15, -0.1) is 0 Å². The molecule has 0 atom stereocenters. The van der Waals surface area contributed by atoms with Crippen molar-refractivity contribution in [3.8, 4) is 11.8 Å². The maximum Gasteiger partial charge on any atom is 0.289 e. The molecule has 0 aliphatic rings. The molecular weight excluding hydrogens is 332 g/mol. The van der Waals surface area contributed by atoms with E-state index < -0.39 is 5.76 Å². The maximum atomic E-state index is 12.5. The third-order valence-electron chi connectivity index (χ3n) is 3.11. The Bertz CT molecular complexity index is 813. The number of carbonyl (C=O) groups is 1. The number of halogens is 2. The van der Waals surface area contributed by atoms with Gasteiger partial charge in [0.2, 0.25) is 0 Å². The Morgan fingerprint density at radius 2 is 2.08 bits per heavy atom. The summed E-state index contributed by atoms with van der Waals surface area (Å²) in [6.07, 6.45) is 2.96. The van der Waals surface area contributed by atoms with Gasteiger partial charge in [-0.25, -0.2) is 0 Å². The average molecular weight is 345 g/mol. The summed E-state index contributed by atoms with van der Waals surface area (Å²) in [6.45, 7) is 0. The number of allylic oxidation sites excluding steroid dienone is 1. The summed E-state index contributed by atoms with van der Waals surface area (Å²) in [5.41, 5.74) is 1.55. The number of nitriles is 1. The molecule has 0 N–H and O–H groups in total. The minimum absolute atomic E-state index is 0.228. The van der Waals surface area contributed by atoms with Crippen LogP contribution in [0.25, 0.3) is 6.08 Å². The Kier molecular flexibility index (Phi) is 6.10. The number of methoxy groups -OCH3 is 1. The van der Waals surface area contributed by atoms with Crippen molar-refractivity contribution in [2.24, 2.45) is 0 Å². The molecule has 3 nitrogen and oxygen atoms in total. The molecule has 0 aliphatic carbocycles. The zero-order valence-electron chi connectivity index (χ0n) is 12.7. The van der Waals surface area contributed by atoms with Gasteiger partial charge in [-0.3, -0.25) is 4.79 Å². The Balaban J connectivity index is 2.20. The van der Waals surface area contributed by atoms with Crippen LogP contribution in [0.2, 0.25) is 0 Å². The molecule has 122 valence electrons. The van der Waals surface area contributed by atoms with Crippen molar-refractivity contribution >= 4 is 23.6 Å². The van der Waals surface area contributed by atoms with Gasteiger partial charge in [-0.1, -0.05) is 30.0 Å². The lowest BCUT2D eigenvalue weighted by atomic mass is 10.1. The van der Waals surface area contributed by atoms with Crippen molar-refractivity contribution in [1.82, 2.24) is 0 Å². The summed E-state index contributed by atoms with van der Waals surface area (Å²) in [5.74, 6) is -2.62. The third kappa shape index (κ3) is 4.67. The normalized spacial score (nSPS) is 10.8. The molecule has 0 aromatic heterocycles. The van der Waals surface area contributed by atoms with Gasteiger partial charge < -0.3 is 4.74 Å². The Labute approximate surface area is 142 Å². The summed E-state index contributed by atoms with van der Waals surface area (Å²) in [4.78, 5) is 12.5. The topological polar surface area (TPSA) is 50.1 Å². The molecule has 24 heavy (non-hydrogen) atoms. The smallest absolute Gasteiger partial charge is 0.289 e. The summed E-state index contributed by atoms with van der Waals surface area (Å²) in [5, 5.41) is 8.85. The van der Waals surface area contributed by atoms with Crippen LogP contribution in [0.15, 0.2) is 53.4 Å². The summed E-state index contributed by atoms with van der Waals surface area (Å²) in [7, 11) is 1.36. The van der Waals surface area contributed by atoms with Crippen LogP contribution in [-0.4, -0.2) is 18.7 Å². The van der Waals surface area contributed by atoms with Crippen LogP contribution in [0, 0.1) is 11.3 Å². The first-order chi connectivity index (χ1) is 11.5. The minimum atomic E-state index is -2.56. The largest absolute Gasteiger partial charge is 0.496 e. The quantitative estimate of drug-likeness (QED) is 0.430. The molecule has 0 spiro atoms. The number of thioether (sulfide) groups is 1. The summed E-state index contributed by atoms with van der Waals surface area (Å²) >= 11 is 0.366. The molecule has 6 heteroatoms. The molecule has 0 fully saturated rings. The van der Waals surface area contributed by atoms with E-state index in [1.807, 2.05) is 6.07 Å². The zero-order valence-corrected chi connectivity index (χ0v) is 13.5. The van der Waals surface area contributed by atoms with E-state index in [0.29, 0.717) is 22.9 Å². The van der Waals surface area contributed by atoms with Gasteiger partial charge in [-0.05, 0) is 42.0 Å². The standard InChI is InChI=1S/C18H13F2NO2S/c1-23-16-10-14(6-8-17(16)24-18(19)20)15(22)7-5-12-3-2-4-13(9-12)11-21/h2-10,18H,1H3. The molecule has 0 saturated heterocycles. The number of rotatable bonds is 6. The van der Waals surface area contributed by atoms with E-state index in [0.717, 1.165) is 5.56 Å². The van der Waals surface area contributed by atoms with Crippen molar-refractivity contribution in [3.05, 3.63) is 65.2 Å². The van der Waals surface area contributed by atoms with E-state index in [1.165, 1.54) is 31.4 Å². The molecule has 0 amide bonds. The molecule has 0 unspecified atom stereocenters. The first kappa shape index (κ1) is 17.7. The fourth-order valence-electron chi connectivity index (χ4n) is 1.99. The molecule has 2 aromatic rings. The van der Waals surface area contributed by atoms with Crippen molar-refractivity contribution < 1.29 is 18.3 Å². The van der Waals surface area contributed by atoms with E-state index in [-0.39, 0.29) is 16.4 Å². The summed E-state index contributed by atoms with van der Waals surface area (Å²) in [6, 6.07) is 13.2. The van der Waals surface area contributed by atoms with Crippen LogP contribution in [-0.2, 0) is 0 Å². The lowest BCUT2D eigenvalue weighted by Gasteiger charge is -2.08. The second-order valence-electron chi connectivity index (χ2n) is 4.68. The van der Waals surface area contributed by atoms with Crippen LogP contribution < -0.4 is 4.74 Å². The monoisotopic (exact) mass is 345 g/mol. The van der Waals surface area contributed by atoms with Crippen molar-refractivity contribution in [1.29, 1.82) is 5.26 Å². The van der Waals surface area contributed by atoms with Gasteiger partial charge in [-0.2, -0.15) is 14.0 Å². The molecule has 2 rings (SSSR count). The van der Waals surface area contributed by atoms with Gasteiger partial charge in [0, 0.05) is 5.56 Å². The minimum Gasteiger partial charge on any atom is -0.496 e. The van der Waals surface area contributed by atoms with E-state index in [2.05, 4.69) is 0 Å². The number of alkyl halides is 2. The second-order valence-corrected chi connectivity index (χ2v) is 5.71. The predicted molar refractivity (Wildman–Crippen MR) is 89.4 cm³/mol. The van der Waals surface area contributed by atoms with E-state index in [4.69, 9.17) is 10.00 Å². The third-order valence-corrected chi connectivity index (χ3v) is 3.88. The fourth-order valence-corrected chi connectivity index (χ4v) is 2.59. The first-order valence-corrected chi connectivity index (χ1v) is 7.77. The molecule has 0 saturated carbocycles. The molecule has 2 aromatic carbocycles. The van der Waals surface area contributed by atoms with Gasteiger partial charge in [0.25, 0.3) is 5.76 Å². The van der Waals surface area contributed by atoms with Crippen molar-refractivity contribution in [3.63, 3.8) is 0 Å². The molecule has 0 bridgehead atoms. The van der Waals surface area contributed by atoms with Crippen LogP contribution in [0.1, 0.15) is 21.5 Å². The number of hydrogen-bond donors (Lipinski definition) is 0. The van der Waals surface area contributed by atoms with E-state index in [9.17, 15) is 13.6 Å². The van der Waals surface area contributed by atoms with Crippen LogP contribution in [0.3, 0.4) is 0 Å². The predicted octanol–water partition coefficient (Wildman–Crippen LogP) is 4.78. The summed E-state index contributed by atoms with van der Waals surface area (Å²) < 4.78 is 30.0. The highest BCUT2D eigenvalue weighted by Gasteiger charge is 2.13. The SMILES string of the molecule is COc1cc(C(=O)C=Cc2cccc(C#N)c2)ccc1SC(F)F. The van der Waals surface area contributed by atoms with Crippen molar-refractivity contribution in [2.75, 3.05) is 7.11 Å². The Morgan fingerprint density at radius 3 is 2.75 bits per heavy atom. The molecular formula is C18H13F2NO2S. The number of ketones is 1. The first-order valence-electron chi connectivity index (χ1n) is 6.89. The van der Waals surface area contributed by atoms with Crippen LogP contribution >= 0.6 is 11.8 Å². The Morgan fingerprint density at radius 1 is 1.29 bits per heavy atom. The molecule has 0 aliphatic heterocycles. The molecule has 0 heterocycles. The van der Waals surface area contributed by atoms with Gasteiger partial charge in [0.05, 0.1) is 23.6 Å². The fraction of sp³-hybridized carbons (Fsp3) is 0.111. The Hall–Kier alpha value is -2.65. The maximum absolute atomic E-state index is 12.5. The number of hydrogen-bond acceptors (Lipinski definition) is 4. The number of carbonyl (C=O) groups excluding carboxylic acids is 1. The highest BCUT2D eigenvalue weighted by molar-refractivity contribution is 7.99. The average Bonchev–Trinajstić information content (AvgIpc) is 2.59. The van der Waals surface area contributed by atoms with Gasteiger partial charge in [0.1, 0.15) is 5.75 Å². The van der Waals surface area contributed by atoms with Gasteiger partial charge in [0.15, 0.2) is 5.78 Å². The second kappa shape index (κ2) is 8.27. The number of benzene rings is 2. The zero-order chi connectivity index (χ0) is 17.5. The number of nitrogens with zero attached hydrogens (tertiary/aromatic N) is 1. The molecule has 0 radical (unpaired) electrons. The lowest BCUT2D eigenvalue weighted by molar-refractivity contribution is 0.104. The van der Waals surface area contributed by atoms with Crippen LogP contribution in [0.4, 0.5) is 8.78 Å². The van der Waals surface area contributed by atoms with E-state index >= 15 is 0 Å². The van der Waals surface area contributed by atoms with Crippen LogP contribution in [0.5, 0.6) is 5.75 Å². The van der Waals surface area contributed by atoms with Gasteiger partial charge >= 0.3 is 0 Å².